The lowest BCUT2D eigenvalue weighted by atomic mass is 10.2. The molecule has 13 heavy (non-hydrogen) atoms. The number of ketones is 1. The summed E-state index contributed by atoms with van der Waals surface area (Å²) in [7, 11) is 0. The van der Waals surface area contributed by atoms with Gasteiger partial charge in [0.05, 0.1) is 0 Å². The maximum Gasteiger partial charge on any atom is 0.152 e. The lowest BCUT2D eigenvalue weighted by molar-refractivity contribution is -0.112. The third kappa shape index (κ3) is 3.11. The number of allylic oxidation sites excluding steroid dienone is 1. The van der Waals surface area contributed by atoms with Crippen LogP contribution in [0.2, 0.25) is 0 Å². The van der Waals surface area contributed by atoms with Gasteiger partial charge in [-0.1, -0.05) is 22.0 Å². The summed E-state index contributed by atoms with van der Waals surface area (Å²) in [5, 5.41) is 0. The molecule has 0 atom stereocenters. The number of carbonyl (C=O) groups excluding carboxylic acids is 1. The maximum atomic E-state index is 13.1. The van der Waals surface area contributed by atoms with Gasteiger partial charge >= 0.3 is 0 Å². The van der Waals surface area contributed by atoms with Crippen molar-refractivity contribution in [2.24, 2.45) is 0 Å². The van der Waals surface area contributed by atoms with Crippen LogP contribution < -0.4 is 0 Å². The van der Waals surface area contributed by atoms with Crippen molar-refractivity contribution in [3.05, 3.63) is 40.1 Å². The lowest BCUT2D eigenvalue weighted by Gasteiger charge is -1.96. The SMILES string of the molecule is CC(=O)C=Cc1ccc(Br)cc1F. The zero-order chi connectivity index (χ0) is 9.84. The fourth-order valence-electron chi connectivity index (χ4n) is 0.844. The van der Waals surface area contributed by atoms with Crippen molar-refractivity contribution in [3.8, 4) is 0 Å². The van der Waals surface area contributed by atoms with Crippen molar-refractivity contribution in [2.45, 2.75) is 6.92 Å². The van der Waals surface area contributed by atoms with Gasteiger partial charge in [0.2, 0.25) is 0 Å². The van der Waals surface area contributed by atoms with E-state index in [9.17, 15) is 9.18 Å². The standard InChI is InChI=1S/C10H8BrFO/c1-7(13)2-3-8-4-5-9(11)6-10(8)12/h2-6H,1H3. The monoisotopic (exact) mass is 242 g/mol. The summed E-state index contributed by atoms with van der Waals surface area (Å²) in [6.07, 6.45) is 2.80. The van der Waals surface area contributed by atoms with Crippen LogP contribution in [0.4, 0.5) is 4.39 Å². The van der Waals surface area contributed by atoms with Crippen molar-refractivity contribution < 1.29 is 9.18 Å². The number of carbonyl (C=O) groups is 1. The molecule has 0 amide bonds. The van der Waals surface area contributed by atoms with E-state index >= 15 is 0 Å². The molecule has 68 valence electrons. The summed E-state index contributed by atoms with van der Waals surface area (Å²) in [6, 6.07) is 4.70. The Hall–Kier alpha value is -0.960. The Labute approximate surface area is 84.4 Å². The maximum absolute atomic E-state index is 13.1. The second-order valence-corrected chi connectivity index (χ2v) is 3.53. The zero-order valence-corrected chi connectivity index (χ0v) is 8.64. The van der Waals surface area contributed by atoms with Crippen LogP contribution in [0.5, 0.6) is 0 Å². The van der Waals surface area contributed by atoms with Gasteiger partial charge in [-0.25, -0.2) is 4.39 Å². The van der Waals surface area contributed by atoms with Gasteiger partial charge in [0.15, 0.2) is 5.78 Å². The molecule has 0 spiro atoms. The predicted molar refractivity (Wildman–Crippen MR) is 53.8 cm³/mol. The Bertz CT molecular complexity index is 358. The number of benzene rings is 1. The van der Waals surface area contributed by atoms with Gasteiger partial charge in [-0.05, 0) is 31.2 Å². The molecular formula is C10H8BrFO. The Balaban J connectivity index is 2.96. The molecule has 0 aliphatic carbocycles. The van der Waals surface area contributed by atoms with E-state index in [1.54, 1.807) is 12.1 Å². The van der Waals surface area contributed by atoms with E-state index in [0.717, 1.165) is 0 Å². The van der Waals surface area contributed by atoms with Crippen molar-refractivity contribution >= 4 is 27.8 Å². The van der Waals surface area contributed by atoms with Gasteiger partial charge in [-0.3, -0.25) is 4.79 Å². The highest BCUT2D eigenvalue weighted by atomic mass is 79.9. The second-order valence-electron chi connectivity index (χ2n) is 2.61. The first-order valence-electron chi connectivity index (χ1n) is 3.73. The molecule has 0 fully saturated rings. The van der Waals surface area contributed by atoms with Crippen LogP contribution in [0.25, 0.3) is 6.08 Å². The largest absolute Gasteiger partial charge is 0.295 e. The molecule has 1 nitrogen and oxygen atoms in total. The van der Waals surface area contributed by atoms with Crippen LogP contribution >= 0.6 is 15.9 Å². The van der Waals surface area contributed by atoms with E-state index in [1.165, 1.54) is 25.1 Å². The molecule has 0 aliphatic heterocycles. The number of hydrogen-bond donors (Lipinski definition) is 0. The van der Waals surface area contributed by atoms with Crippen LogP contribution in [0.3, 0.4) is 0 Å². The van der Waals surface area contributed by atoms with E-state index in [-0.39, 0.29) is 11.6 Å². The van der Waals surface area contributed by atoms with E-state index in [0.29, 0.717) is 10.0 Å². The highest BCUT2D eigenvalue weighted by Gasteiger charge is 1.98. The fraction of sp³-hybridized carbons (Fsp3) is 0.100. The second kappa shape index (κ2) is 4.33. The van der Waals surface area contributed by atoms with Crippen LogP contribution in [0, 0.1) is 5.82 Å². The number of hydrogen-bond acceptors (Lipinski definition) is 1. The molecule has 0 saturated heterocycles. The van der Waals surface area contributed by atoms with Gasteiger partial charge in [0.25, 0.3) is 0 Å². The molecule has 0 bridgehead atoms. The first kappa shape index (κ1) is 10.1. The molecule has 1 aromatic rings. The Morgan fingerprint density at radius 3 is 2.77 bits per heavy atom. The average molecular weight is 243 g/mol. The van der Waals surface area contributed by atoms with Crippen LogP contribution in [-0.4, -0.2) is 5.78 Å². The minimum atomic E-state index is -0.341. The van der Waals surface area contributed by atoms with Crippen LogP contribution in [0.15, 0.2) is 28.7 Å². The van der Waals surface area contributed by atoms with E-state index < -0.39 is 0 Å². The van der Waals surface area contributed by atoms with Crippen molar-refractivity contribution in [1.82, 2.24) is 0 Å². The van der Waals surface area contributed by atoms with Gasteiger partial charge < -0.3 is 0 Å². The minimum absolute atomic E-state index is 0.0951. The molecule has 0 N–H and O–H groups in total. The molecule has 0 aromatic heterocycles. The quantitative estimate of drug-likeness (QED) is 0.729. The fourth-order valence-corrected chi connectivity index (χ4v) is 1.18. The first-order valence-corrected chi connectivity index (χ1v) is 4.52. The molecule has 0 radical (unpaired) electrons. The Morgan fingerprint density at radius 1 is 1.54 bits per heavy atom. The summed E-state index contributed by atoms with van der Waals surface area (Å²) in [4.78, 5) is 10.6. The summed E-state index contributed by atoms with van der Waals surface area (Å²) in [5.74, 6) is -0.436. The smallest absolute Gasteiger partial charge is 0.152 e. The van der Waals surface area contributed by atoms with Gasteiger partial charge in [0.1, 0.15) is 5.82 Å². The normalized spacial score (nSPS) is 10.7. The molecule has 1 rings (SSSR count). The van der Waals surface area contributed by atoms with Crippen molar-refractivity contribution in [2.75, 3.05) is 0 Å². The van der Waals surface area contributed by atoms with Gasteiger partial charge in [-0.2, -0.15) is 0 Å². The lowest BCUT2D eigenvalue weighted by Crippen LogP contribution is -1.84. The molecule has 1 aromatic carbocycles. The van der Waals surface area contributed by atoms with Crippen LogP contribution in [0.1, 0.15) is 12.5 Å². The summed E-state index contributed by atoms with van der Waals surface area (Å²) >= 11 is 3.15. The molecule has 0 aliphatic rings. The predicted octanol–water partition coefficient (Wildman–Crippen LogP) is 3.19. The highest BCUT2D eigenvalue weighted by Crippen LogP contribution is 2.16. The molecule has 0 saturated carbocycles. The van der Waals surface area contributed by atoms with Crippen molar-refractivity contribution in [3.63, 3.8) is 0 Å². The highest BCUT2D eigenvalue weighted by molar-refractivity contribution is 9.10. The van der Waals surface area contributed by atoms with E-state index in [2.05, 4.69) is 15.9 Å². The number of rotatable bonds is 2. The van der Waals surface area contributed by atoms with E-state index in [4.69, 9.17) is 0 Å². The third-order valence-corrected chi connectivity index (χ3v) is 1.95. The average Bonchev–Trinajstić information content (AvgIpc) is 2.02. The summed E-state index contributed by atoms with van der Waals surface area (Å²) < 4.78 is 13.8. The molecule has 3 heteroatoms. The third-order valence-electron chi connectivity index (χ3n) is 1.46. The van der Waals surface area contributed by atoms with E-state index in [1.807, 2.05) is 0 Å². The van der Waals surface area contributed by atoms with Crippen LogP contribution in [-0.2, 0) is 4.79 Å². The van der Waals surface area contributed by atoms with Gasteiger partial charge in [-0.15, -0.1) is 0 Å². The van der Waals surface area contributed by atoms with Gasteiger partial charge in [0, 0.05) is 10.0 Å². The number of halogens is 2. The molecule has 0 unspecified atom stereocenters. The summed E-state index contributed by atoms with van der Waals surface area (Å²) in [5.41, 5.74) is 0.415. The first-order chi connectivity index (χ1) is 6.09. The minimum Gasteiger partial charge on any atom is -0.295 e. The Kier molecular flexibility index (Phi) is 3.37. The zero-order valence-electron chi connectivity index (χ0n) is 7.05. The summed E-state index contributed by atoms with van der Waals surface area (Å²) in [6.45, 7) is 1.42. The Morgan fingerprint density at radius 2 is 2.23 bits per heavy atom. The topological polar surface area (TPSA) is 17.1 Å². The molecular weight excluding hydrogens is 235 g/mol. The molecule has 0 heterocycles. The van der Waals surface area contributed by atoms with Crippen molar-refractivity contribution in [1.29, 1.82) is 0 Å².